The van der Waals surface area contributed by atoms with E-state index < -0.39 is 6.10 Å². The molecule has 5 rings (SSSR count). The number of para-hydroxylation sites is 1. The van der Waals surface area contributed by atoms with Crippen LogP contribution in [0.3, 0.4) is 0 Å². The zero-order valence-electron chi connectivity index (χ0n) is 16.7. The number of rotatable bonds is 4. The number of amides is 2. The van der Waals surface area contributed by atoms with Crippen LogP contribution in [0.4, 0.5) is 11.4 Å². The third kappa shape index (κ3) is 3.71. The van der Waals surface area contributed by atoms with Crippen molar-refractivity contribution in [1.29, 1.82) is 0 Å². The second-order valence-corrected chi connectivity index (χ2v) is 7.35. The molecule has 0 saturated heterocycles. The van der Waals surface area contributed by atoms with Crippen LogP contribution in [0.1, 0.15) is 22.8 Å². The van der Waals surface area contributed by atoms with Crippen LogP contribution in [0.2, 0.25) is 0 Å². The van der Waals surface area contributed by atoms with Gasteiger partial charge in [0.15, 0.2) is 6.10 Å². The predicted molar refractivity (Wildman–Crippen MR) is 116 cm³/mol. The molecule has 8 nitrogen and oxygen atoms in total. The minimum Gasteiger partial charge on any atom is -0.479 e. The van der Waals surface area contributed by atoms with Crippen molar-refractivity contribution in [1.82, 2.24) is 15.0 Å². The standard InChI is InChI=1S/C23H19N5O3/c1-14-22(29)25-19-12-17(10-11-21(19)31-14)24-23(30)16-8-6-15(7-9-16)13-28-20-5-3-2-4-18(20)26-27-28/h2-12,14H,13H2,1H3,(H,24,30)(H,25,29)/t14-/m1/s1. The first-order chi connectivity index (χ1) is 15.1. The number of ether oxygens (including phenoxy) is 1. The summed E-state index contributed by atoms with van der Waals surface area (Å²) in [6, 6.07) is 20.3. The molecular formula is C23H19N5O3. The van der Waals surface area contributed by atoms with Crippen LogP contribution in [0.15, 0.2) is 66.7 Å². The number of benzene rings is 3. The van der Waals surface area contributed by atoms with E-state index in [0.717, 1.165) is 16.6 Å². The molecule has 154 valence electrons. The maximum Gasteiger partial charge on any atom is 0.265 e. The largest absolute Gasteiger partial charge is 0.479 e. The van der Waals surface area contributed by atoms with Gasteiger partial charge in [0.05, 0.1) is 17.7 Å². The van der Waals surface area contributed by atoms with E-state index in [2.05, 4.69) is 20.9 Å². The van der Waals surface area contributed by atoms with E-state index in [4.69, 9.17) is 4.74 Å². The number of hydrogen-bond acceptors (Lipinski definition) is 5. The zero-order chi connectivity index (χ0) is 21.4. The second-order valence-electron chi connectivity index (χ2n) is 7.35. The Morgan fingerprint density at radius 3 is 2.77 bits per heavy atom. The van der Waals surface area contributed by atoms with Crippen LogP contribution < -0.4 is 15.4 Å². The Morgan fingerprint density at radius 1 is 1.13 bits per heavy atom. The molecule has 0 aliphatic carbocycles. The van der Waals surface area contributed by atoms with E-state index >= 15 is 0 Å². The van der Waals surface area contributed by atoms with E-state index in [1.165, 1.54) is 0 Å². The van der Waals surface area contributed by atoms with Crippen LogP contribution in [0, 0.1) is 0 Å². The van der Waals surface area contributed by atoms with Crippen LogP contribution >= 0.6 is 0 Å². The Morgan fingerprint density at radius 2 is 1.94 bits per heavy atom. The number of nitrogens with zero attached hydrogens (tertiary/aromatic N) is 3. The SMILES string of the molecule is C[C@H]1Oc2ccc(NC(=O)c3ccc(Cn4nnc5ccccc54)cc3)cc2NC1=O. The van der Waals surface area contributed by atoms with Crippen molar-refractivity contribution < 1.29 is 14.3 Å². The highest BCUT2D eigenvalue weighted by Crippen LogP contribution is 2.32. The fraction of sp³-hybridized carbons (Fsp3) is 0.130. The first-order valence-electron chi connectivity index (χ1n) is 9.87. The zero-order valence-corrected chi connectivity index (χ0v) is 16.7. The van der Waals surface area contributed by atoms with E-state index in [9.17, 15) is 9.59 Å². The van der Waals surface area contributed by atoms with E-state index in [0.29, 0.717) is 29.2 Å². The summed E-state index contributed by atoms with van der Waals surface area (Å²) in [5, 5.41) is 14.0. The maximum atomic E-state index is 12.6. The minimum atomic E-state index is -0.540. The second kappa shape index (κ2) is 7.56. The van der Waals surface area contributed by atoms with Crippen molar-refractivity contribution in [3.63, 3.8) is 0 Å². The first-order valence-corrected chi connectivity index (χ1v) is 9.87. The fourth-order valence-corrected chi connectivity index (χ4v) is 3.46. The van der Waals surface area contributed by atoms with Gasteiger partial charge >= 0.3 is 0 Å². The van der Waals surface area contributed by atoms with Crippen LogP contribution in [0.5, 0.6) is 5.75 Å². The van der Waals surface area contributed by atoms with Crippen LogP contribution in [-0.2, 0) is 11.3 Å². The van der Waals surface area contributed by atoms with E-state index in [1.54, 1.807) is 37.3 Å². The summed E-state index contributed by atoms with van der Waals surface area (Å²) in [5.74, 6) is 0.121. The topological polar surface area (TPSA) is 98.1 Å². The molecule has 0 saturated carbocycles. The van der Waals surface area contributed by atoms with Gasteiger partial charge in [-0.05, 0) is 55.0 Å². The monoisotopic (exact) mass is 413 g/mol. The quantitative estimate of drug-likeness (QED) is 0.534. The molecule has 1 aliphatic rings. The molecule has 0 bridgehead atoms. The van der Waals surface area contributed by atoms with Crippen molar-refractivity contribution in [2.45, 2.75) is 19.6 Å². The predicted octanol–water partition coefficient (Wildman–Crippen LogP) is 3.45. The average Bonchev–Trinajstić information content (AvgIpc) is 3.18. The summed E-state index contributed by atoms with van der Waals surface area (Å²) in [4.78, 5) is 24.4. The Labute approximate surface area is 177 Å². The van der Waals surface area contributed by atoms with Crippen molar-refractivity contribution >= 4 is 34.2 Å². The molecule has 8 heteroatoms. The van der Waals surface area contributed by atoms with Gasteiger partial charge in [0.1, 0.15) is 11.3 Å². The van der Waals surface area contributed by atoms with Crippen LogP contribution in [-0.4, -0.2) is 32.9 Å². The summed E-state index contributed by atoms with van der Waals surface area (Å²) in [6.07, 6.45) is -0.540. The Bertz CT molecular complexity index is 1300. The highest BCUT2D eigenvalue weighted by Gasteiger charge is 2.23. The van der Waals surface area contributed by atoms with Crippen molar-refractivity contribution in [2.75, 3.05) is 10.6 Å². The third-order valence-corrected chi connectivity index (χ3v) is 5.14. The van der Waals surface area contributed by atoms with E-state index in [1.807, 2.05) is 41.1 Å². The van der Waals surface area contributed by atoms with Gasteiger partial charge in [-0.2, -0.15) is 0 Å². The summed E-state index contributed by atoms with van der Waals surface area (Å²) in [7, 11) is 0. The number of aromatic nitrogens is 3. The molecule has 0 spiro atoms. The molecule has 3 aromatic carbocycles. The first kappa shape index (κ1) is 18.8. The van der Waals surface area contributed by atoms with Gasteiger partial charge in [0.2, 0.25) is 0 Å². The minimum absolute atomic E-state index is 0.216. The molecule has 2 amide bonds. The smallest absolute Gasteiger partial charge is 0.265 e. The summed E-state index contributed by atoms with van der Waals surface area (Å²) in [6.45, 7) is 2.24. The highest BCUT2D eigenvalue weighted by atomic mass is 16.5. The van der Waals surface area contributed by atoms with Crippen molar-refractivity contribution in [2.24, 2.45) is 0 Å². The normalized spacial score (nSPS) is 15.1. The van der Waals surface area contributed by atoms with Crippen molar-refractivity contribution in [3.05, 3.63) is 77.9 Å². The van der Waals surface area contributed by atoms with Crippen molar-refractivity contribution in [3.8, 4) is 5.75 Å². The molecule has 0 fully saturated rings. The van der Waals surface area contributed by atoms with Gasteiger partial charge in [-0.3, -0.25) is 9.59 Å². The molecule has 0 radical (unpaired) electrons. The molecule has 1 aromatic heterocycles. The van der Waals surface area contributed by atoms with Gasteiger partial charge in [0.25, 0.3) is 11.8 Å². The molecule has 31 heavy (non-hydrogen) atoms. The number of carbonyl (C=O) groups excluding carboxylic acids is 2. The molecule has 0 unspecified atom stereocenters. The Kier molecular flexibility index (Phi) is 4.59. The van der Waals surface area contributed by atoms with Gasteiger partial charge < -0.3 is 15.4 Å². The molecule has 1 aliphatic heterocycles. The number of carbonyl (C=O) groups is 2. The molecular weight excluding hydrogens is 394 g/mol. The lowest BCUT2D eigenvalue weighted by atomic mass is 10.1. The van der Waals surface area contributed by atoms with Gasteiger partial charge in [-0.15, -0.1) is 5.10 Å². The Hall–Kier alpha value is -4.20. The van der Waals surface area contributed by atoms with Gasteiger partial charge in [-0.25, -0.2) is 4.68 Å². The highest BCUT2D eigenvalue weighted by molar-refractivity contribution is 6.05. The van der Waals surface area contributed by atoms with Gasteiger partial charge in [0, 0.05) is 11.3 Å². The maximum absolute atomic E-state index is 12.6. The summed E-state index contributed by atoms with van der Waals surface area (Å²) < 4.78 is 7.36. The number of hydrogen-bond donors (Lipinski definition) is 2. The fourth-order valence-electron chi connectivity index (χ4n) is 3.46. The van der Waals surface area contributed by atoms with Crippen LogP contribution in [0.25, 0.3) is 11.0 Å². The third-order valence-electron chi connectivity index (χ3n) is 5.14. The number of fused-ring (bicyclic) bond motifs is 2. The lowest BCUT2D eigenvalue weighted by Gasteiger charge is -2.23. The number of anilines is 2. The lowest BCUT2D eigenvalue weighted by molar-refractivity contribution is -0.122. The van der Waals surface area contributed by atoms with Gasteiger partial charge in [-0.1, -0.05) is 29.5 Å². The summed E-state index contributed by atoms with van der Waals surface area (Å²) >= 11 is 0. The lowest BCUT2D eigenvalue weighted by Crippen LogP contribution is -2.34. The Balaban J connectivity index is 1.28. The van der Waals surface area contributed by atoms with E-state index in [-0.39, 0.29) is 11.8 Å². The molecule has 4 aromatic rings. The summed E-state index contributed by atoms with van der Waals surface area (Å²) in [5.41, 5.74) is 4.45. The molecule has 2 N–H and O–H groups in total. The molecule has 1 atom stereocenters. The number of nitrogens with one attached hydrogen (secondary N) is 2. The average molecular weight is 413 g/mol. The molecule has 2 heterocycles.